The molecule has 0 amide bonds. The van der Waals surface area contributed by atoms with Crippen molar-refractivity contribution in [1.82, 2.24) is 5.32 Å². The van der Waals surface area contributed by atoms with Crippen molar-refractivity contribution in [3.05, 3.63) is 0 Å². The second-order valence-corrected chi connectivity index (χ2v) is 5.27. The van der Waals surface area contributed by atoms with Gasteiger partial charge in [-0.2, -0.15) is 11.8 Å². The first-order chi connectivity index (χ1) is 6.25. The highest BCUT2D eigenvalue weighted by atomic mass is 32.2. The van der Waals surface area contributed by atoms with Gasteiger partial charge in [-0.05, 0) is 56.6 Å². The Labute approximate surface area is 87.1 Å². The number of hydrogen-bond acceptors (Lipinski definition) is 2. The lowest BCUT2D eigenvalue weighted by atomic mass is 9.95. The Morgan fingerprint density at radius 1 is 1.46 bits per heavy atom. The molecular formula is C11H23NS. The fraction of sp³-hybridized carbons (Fsp3) is 1.00. The smallest absolute Gasteiger partial charge is 0.00954 e. The van der Waals surface area contributed by atoms with Crippen molar-refractivity contribution in [2.75, 3.05) is 18.6 Å². The number of nitrogens with one attached hydrogen (secondary N) is 1. The maximum absolute atomic E-state index is 3.63. The number of thioether (sulfide) groups is 1. The SMILES string of the molecule is CCCNC(C)C1(CCSC)CC1. The van der Waals surface area contributed by atoms with Crippen molar-refractivity contribution >= 4 is 11.8 Å². The van der Waals surface area contributed by atoms with E-state index >= 15 is 0 Å². The normalized spacial score (nSPS) is 21.5. The van der Waals surface area contributed by atoms with Gasteiger partial charge in [0.1, 0.15) is 0 Å². The number of rotatable bonds is 7. The Bertz CT molecular complexity index is 143. The summed E-state index contributed by atoms with van der Waals surface area (Å²) in [5.74, 6) is 1.33. The minimum absolute atomic E-state index is 0.679. The molecule has 78 valence electrons. The molecule has 0 radical (unpaired) electrons. The summed E-state index contributed by atoms with van der Waals surface area (Å²) in [4.78, 5) is 0. The van der Waals surface area contributed by atoms with Gasteiger partial charge in [0.15, 0.2) is 0 Å². The lowest BCUT2D eigenvalue weighted by molar-refractivity contribution is 0.345. The van der Waals surface area contributed by atoms with Crippen LogP contribution in [0.5, 0.6) is 0 Å². The maximum atomic E-state index is 3.63. The van der Waals surface area contributed by atoms with E-state index < -0.39 is 0 Å². The molecule has 0 bridgehead atoms. The molecule has 2 heteroatoms. The van der Waals surface area contributed by atoms with Crippen LogP contribution < -0.4 is 5.32 Å². The summed E-state index contributed by atoms with van der Waals surface area (Å²) in [7, 11) is 0. The van der Waals surface area contributed by atoms with E-state index in [-0.39, 0.29) is 0 Å². The molecule has 0 spiro atoms. The molecule has 0 aliphatic heterocycles. The summed E-state index contributed by atoms with van der Waals surface area (Å²) < 4.78 is 0. The second kappa shape index (κ2) is 5.26. The predicted molar refractivity (Wildman–Crippen MR) is 62.4 cm³/mol. The fourth-order valence-electron chi connectivity index (χ4n) is 1.94. The van der Waals surface area contributed by atoms with Crippen molar-refractivity contribution in [3.63, 3.8) is 0 Å². The molecule has 1 unspecified atom stereocenters. The highest BCUT2D eigenvalue weighted by Gasteiger charge is 2.46. The molecule has 13 heavy (non-hydrogen) atoms. The molecule has 0 aromatic carbocycles. The fourth-order valence-corrected chi connectivity index (χ4v) is 2.55. The Hall–Kier alpha value is 0.310. The highest BCUT2D eigenvalue weighted by Crippen LogP contribution is 2.52. The standard InChI is InChI=1S/C11H23NS/c1-4-8-12-10(2)11(5-6-11)7-9-13-3/h10,12H,4-9H2,1-3H3. The summed E-state index contributed by atoms with van der Waals surface area (Å²) in [5.41, 5.74) is 0.679. The van der Waals surface area contributed by atoms with Crippen LogP contribution in [0.4, 0.5) is 0 Å². The van der Waals surface area contributed by atoms with Gasteiger partial charge in [0.2, 0.25) is 0 Å². The van der Waals surface area contributed by atoms with Crippen molar-refractivity contribution in [2.45, 2.75) is 45.6 Å². The van der Waals surface area contributed by atoms with Crippen LogP contribution in [0.25, 0.3) is 0 Å². The summed E-state index contributed by atoms with van der Waals surface area (Å²) in [6, 6.07) is 0.736. The summed E-state index contributed by atoms with van der Waals surface area (Å²) in [6.45, 7) is 5.78. The van der Waals surface area contributed by atoms with E-state index in [0.29, 0.717) is 5.41 Å². The van der Waals surface area contributed by atoms with E-state index in [0.717, 1.165) is 6.04 Å². The first-order valence-electron chi connectivity index (χ1n) is 5.47. The molecule has 1 aliphatic carbocycles. The molecule has 1 aliphatic rings. The molecule has 1 saturated carbocycles. The molecule has 0 saturated heterocycles. The largest absolute Gasteiger partial charge is 0.314 e. The third-order valence-electron chi connectivity index (χ3n) is 3.32. The second-order valence-electron chi connectivity index (χ2n) is 4.28. The van der Waals surface area contributed by atoms with E-state index in [2.05, 4.69) is 25.4 Å². The van der Waals surface area contributed by atoms with Crippen molar-refractivity contribution in [1.29, 1.82) is 0 Å². The van der Waals surface area contributed by atoms with Gasteiger partial charge in [0.25, 0.3) is 0 Å². The van der Waals surface area contributed by atoms with Crippen LogP contribution in [0.2, 0.25) is 0 Å². The van der Waals surface area contributed by atoms with Gasteiger partial charge in [0.05, 0.1) is 0 Å². The summed E-state index contributed by atoms with van der Waals surface area (Å²) in [6.07, 6.45) is 7.77. The molecular weight excluding hydrogens is 178 g/mol. The van der Waals surface area contributed by atoms with Gasteiger partial charge in [-0.15, -0.1) is 0 Å². The third kappa shape index (κ3) is 3.17. The first-order valence-corrected chi connectivity index (χ1v) is 6.87. The molecule has 1 nitrogen and oxygen atoms in total. The molecule has 0 aromatic heterocycles. The van der Waals surface area contributed by atoms with Gasteiger partial charge in [-0.1, -0.05) is 6.92 Å². The van der Waals surface area contributed by atoms with Gasteiger partial charge in [-0.3, -0.25) is 0 Å². The minimum Gasteiger partial charge on any atom is -0.314 e. The van der Waals surface area contributed by atoms with Crippen LogP contribution in [0.1, 0.15) is 39.5 Å². The zero-order valence-electron chi connectivity index (χ0n) is 9.23. The lowest BCUT2D eigenvalue weighted by Gasteiger charge is -2.24. The average molecular weight is 201 g/mol. The topological polar surface area (TPSA) is 12.0 Å². The molecule has 1 N–H and O–H groups in total. The lowest BCUT2D eigenvalue weighted by Crippen LogP contribution is -2.35. The number of hydrogen-bond donors (Lipinski definition) is 1. The molecule has 1 fully saturated rings. The quantitative estimate of drug-likeness (QED) is 0.680. The van der Waals surface area contributed by atoms with Crippen LogP contribution in [0.15, 0.2) is 0 Å². The van der Waals surface area contributed by atoms with E-state index in [4.69, 9.17) is 0 Å². The van der Waals surface area contributed by atoms with Crippen LogP contribution in [-0.2, 0) is 0 Å². The van der Waals surface area contributed by atoms with E-state index in [1.54, 1.807) is 0 Å². The monoisotopic (exact) mass is 201 g/mol. The maximum Gasteiger partial charge on any atom is 0.00954 e. The molecule has 0 heterocycles. The van der Waals surface area contributed by atoms with Crippen LogP contribution in [0, 0.1) is 5.41 Å². The summed E-state index contributed by atoms with van der Waals surface area (Å²) >= 11 is 1.98. The Morgan fingerprint density at radius 2 is 2.15 bits per heavy atom. The Morgan fingerprint density at radius 3 is 2.62 bits per heavy atom. The van der Waals surface area contributed by atoms with Crippen LogP contribution in [0.3, 0.4) is 0 Å². The zero-order chi connectivity index (χ0) is 9.73. The zero-order valence-corrected chi connectivity index (χ0v) is 10.0. The van der Waals surface area contributed by atoms with E-state index in [1.807, 2.05) is 11.8 Å². The van der Waals surface area contributed by atoms with Gasteiger partial charge >= 0.3 is 0 Å². The molecule has 0 aromatic rings. The van der Waals surface area contributed by atoms with Crippen molar-refractivity contribution in [2.24, 2.45) is 5.41 Å². The van der Waals surface area contributed by atoms with Gasteiger partial charge < -0.3 is 5.32 Å². The highest BCUT2D eigenvalue weighted by molar-refractivity contribution is 7.98. The average Bonchev–Trinajstić information content (AvgIpc) is 2.92. The van der Waals surface area contributed by atoms with Crippen LogP contribution in [-0.4, -0.2) is 24.6 Å². The van der Waals surface area contributed by atoms with Crippen LogP contribution >= 0.6 is 11.8 Å². The van der Waals surface area contributed by atoms with Crippen molar-refractivity contribution in [3.8, 4) is 0 Å². The van der Waals surface area contributed by atoms with Crippen molar-refractivity contribution < 1.29 is 0 Å². The third-order valence-corrected chi connectivity index (χ3v) is 3.93. The van der Waals surface area contributed by atoms with Gasteiger partial charge in [-0.25, -0.2) is 0 Å². The predicted octanol–water partition coefficient (Wildman–Crippen LogP) is 2.91. The molecule has 1 atom stereocenters. The van der Waals surface area contributed by atoms with E-state index in [1.165, 1.54) is 38.0 Å². The molecule has 1 rings (SSSR count). The first kappa shape index (κ1) is 11.4. The summed E-state index contributed by atoms with van der Waals surface area (Å²) in [5, 5.41) is 3.63. The van der Waals surface area contributed by atoms with E-state index in [9.17, 15) is 0 Å². The van der Waals surface area contributed by atoms with Gasteiger partial charge in [0, 0.05) is 6.04 Å². The Kier molecular flexibility index (Phi) is 4.60. The minimum atomic E-state index is 0.679. The Balaban J connectivity index is 2.23.